The van der Waals surface area contributed by atoms with Crippen LogP contribution >= 0.6 is 40.7 Å². The van der Waals surface area contributed by atoms with Gasteiger partial charge in [0.1, 0.15) is 11.5 Å². The van der Waals surface area contributed by atoms with E-state index in [2.05, 4.69) is 46.1 Å². The predicted octanol–water partition coefficient (Wildman–Crippen LogP) is 4.69. The van der Waals surface area contributed by atoms with Crippen LogP contribution in [0.2, 0.25) is 0 Å². The van der Waals surface area contributed by atoms with Gasteiger partial charge in [0, 0.05) is 37.8 Å². The van der Waals surface area contributed by atoms with E-state index in [1.165, 1.54) is 12.0 Å². The maximum absolute atomic E-state index is 5.68. The van der Waals surface area contributed by atoms with Gasteiger partial charge in [0.25, 0.3) is 0 Å². The second kappa shape index (κ2) is 12.2. The Morgan fingerprint density at radius 3 is 2.16 bits per heavy atom. The van der Waals surface area contributed by atoms with E-state index in [4.69, 9.17) is 9.47 Å². The molecule has 1 aliphatic heterocycles. The number of hydrogen-bond acceptors (Lipinski definition) is 4. The van der Waals surface area contributed by atoms with Gasteiger partial charge in [-0.3, -0.25) is 4.90 Å². The van der Waals surface area contributed by atoms with Gasteiger partial charge >= 0.3 is 0 Å². The van der Waals surface area contributed by atoms with E-state index in [1.807, 2.05) is 6.07 Å². The summed E-state index contributed by atoms with van der Waals surface area (Å²) < 4.78 is 12.1. The van der Waals surface area contributed by atoms with Crippen molar-refractivity contribution in [1.82, 2.24) is 10.2 Å². The molecule has 1 saturated heterocycles. The molecule has 7 heteroatoms. The zero-order valence-electron chi connectivity index (χ0n) is 15.5. The van der Waals surface area contributed by atoms with Crippen LogP contribution in [0.4, 0.5) is 0 Å². The fraction of sp³-hybridized carbons (Fsp3) is 0.667. The highest BCUT2D eigenvalue weighted by molar-refractivity contribution is 9.10. The molecule has 0 aromatic heterocycles. The Morgan fingerprint density at radius 2 is 1.64 bits per heavy atom. The normalized spacial score (nSPS) is 15.9. The molecule has 25 heavy (non-hydrogen) atoms. The molecule has 1 heterocycles. The van der Waals surface area contributed by atoms with Gasteiger partial charge in [-0.2, -0.15) is 0 Å². The molecule has 4 nitrogen and oxygen atoms in total. The number of ether oxygens (including phenoxy) is 2. The minimum absolute atomic E-state index is 0. The fourth-order valence-electron chi connectivity index (χ4n) is 3.16. The van der Waals surface area contributed by atoms with Crippen LogP contribution in [0, 0.1) is 5.92 Å². The lowest BCUT2D eigenvalue weighted by molar-refractivity contribution is 0.157. The second-order valence-corrected chi connectivity index (χ2v) is 7.36. The van der Waals surface area contributed by atoms with E-state index >= 15 is 0 Å². The Morgan fingerprint density at radius 1 is 1.04 bits per heavy atom. The molecule has 1 fully saturated rings. The van der Waals surface area contributed by atoms with Crippen molar-refractivity contribution in [3.63, 3.8) is 0 Å². The van der Waals surface area contributed by atoms with Crippen molar-refractivity contribution in [1.29, 1.82) is 0 Å². The quantitative estimate of drug-likeness (QED) is 0.643. The lowest BCUT2D eigenvalue weighted by Gasteiger charge is -2.36. The van der Waals surface area contributed by atoms with Crippen LogP contribution in [0.15, 0.2) is 16.6 Å². The zero-order valence-corrected chi connectivity index (χ0v) is 18.7. The van der Waals surface area contributed by atoms with Crippen LogP contribution in [-0.4, -0.2) is 45.3 Å². The maximum atomic E-state index is 5.68. The van der Waals surface area contributed by atoms with Crippen molar-refractivity contribution in [2.24, 2.45) is 5.92 Å². The molecule has 0 amide bonds. The molecular formula is C18H31BrCl2N2O2. The molecule has 146 valence electrons. The van der Waals surface area contributed by atoms with E-state index in [0.29, 0.717) is 12.0 Å². The summed E-state index contributed by atoms with van der Waals surface area (Å²) in [5, 5.41) is 3.44. The monoisotopic (exact) mass is 456 g/mol. The first-order chi connectivity index (χ1) is 11.1. The summed E-state index contributed by atoms with van der Waals surface area (Å²) in [4.78, 5) is 2.57. The van der Waals surface area contributed by atoms with Crippen LogP contribution in [0.5, 0.6) is 11.5 Å². The standard InChI is InChI=1S/C18H29BrN2O2.2ClH/c1-13(2)5-6-16(21-9-7-20-8-10-21)14-11-18(23-4)15(19)12-17(14)22-3;;/h11-13,16,20H,5-10H2,1-4H3;2*1H/t16-;;/m0../s1. The van der Waals surface area contributed by atoms with Crippen molar-refractivity contribution in [3.8, 4) is 11.5 Å². The zero-order chi connectivity index (χ0) is 16.8. The highest BCUT2D eigenvalue weighted by atomic mass is 79.9. The molecule has 2 rings (SSSR count). The summed E-state index contributed by atoms with van der Waals surface area (Å²) in [7, 11) is 3.46. The van der Waals surface area contributed by atoms with Crippen LogP contribution < -0.4 is 14.8 Å². The van der Waals surface area contributed by atoms with Crippen molar-refractivity contribution in [3.05, 3.63) is 22.2 Å². The molecule has 1 aliphatic rings. The summed E-state index contributed by atoms with van der Waals surface area (Å²) in [5.41, 5.74) is 1.23. The first-order valence-corrected chi connectivity index (χ1v) is 9.22. The summed E-state index contributed by atoms with van der Waals surface area (Å²) in [6, 6.07) is 4.53. The highest BCUT2D eigenvalue weighted by Gasteiger charge is 2.26. The van der Waals surface area contributed by atoms with E-state index in [-0.39, 0.29) is 24.8 Å². The molecule has 0 spiro atoms. The highest BCUT2D eigenvalue weighted by Crippen LogP contribution is 2.40. The van der Waals surface area contributed by atoms with Crippen molar-refractivity contribution in [2.75, 3.05) is 40.4 Å². The summed E-state index contributed by atoms with van der Waals surface area (Å²) in [6.07, 6.45) is 2.34. The average molecular weight is 458 g/mol. The Labute approximate surface area is 173 Å². The van der Waals surface area contributed by atoms with E-state index in [9.17, 15) is 0 Å². The molecule has 0 aliphatic carbocycles. The van der Waals surface area contributed by atoms with Crippen LogP contribution in [0.3, 0.4) is 0 Å². The van der Waals surface area contributed by atoms with Gasteiger partial charge in [-0.15, -0.1) is 24.8 Å². The SMILES string of the molecule is COc1cc([C@H](CCC(C)C)N2CCNCC2)c(OC)cc1Br.Cl.Cl. The van der Waals surface area contributed by atoms with Gasteiger partial charge in [-0.05, 0) is 46.8 Å². The number of hydrogen-bond donors (Lipinski definition) is 1. The lowest BCUT2D eigenvalue weighted by atomic mass is 9.95. The van der Waals surface area contributed by atoms with Gasteiger partial charge in [0.15, 0.2) is 0 Å². The van der Waals surface area contributed by atoms with Gasteiger partial charge in [0.05, 0.1) is 18.7 Å². The molecule has 0 saturated carbocycles. The number of benzene rings is 1. The first-order valence-electron chi connectivity index (χ1n) is 8.43. The molecule has 0 radical (unpaired) electrons. The van der Waals surface area contributed by atoms with Gasteiger partial charge in [0.2, 0.25) is 0 Å². The molecule has 0 bridgehead atoms. The predicted molar refractivity (Wildman–Crippen MR) is 113 cm³/mol. The fourth-order valence-corrected chi connectivity index (χ4v) is 3.65. The van der Waals surface area contributed by atoms with E-state index in [1.54, 1.807) is 14.2 Å². The summed E-state index contributed by atoms with van der Waals surface area (Å²) in [6.45, 7) is 8.82. The number of piperazine rings is 1. The maximum Gasteiger partial charge on any atom is 0.133 e. The Bertz CT molecular complexity index is 512. The number of halogens is 3. The Hall–Kier alpha value is -0.200. The van der Waals surface area contributed by atoms with Gasteiger partial charge in [-0.1, -0.05) is 13.8 Å². The van der Waals surface area contributed by atoms with Crippen LogP contribution in [0.25, 0.3) is 0 Å². The minimum atomic E-state index is 0. The number of rotatable bonds is 7. The third kappa shape index (κ3) is 6.79. The number of nitrogens with zero attached hydrogens (tertiary/aromatic N) is 1. The molecule has 1 aromatic carbocycles. The van der Waals surface area contributed by atoms with E-state index in [0.717, 1.165) is 48.6 Å². The molecule has 0 unspecified atom stereocenters. The third-order valence-corrected chi connectivity index (χ3v) is 5.09. The average Bonchev–Trinajstić information content (AvgIpc) is 2.56. The van der Waals surface area contributed by atoms with Gasteiger partial charge in [-0.25, -0.2) is 0 Å². The molecule has 1 N–H and O–H groups in total. The van der Waals surface area contributed by atoms with Crippen molar-refractivity contribution < 1.29 is 9.47 Å². The molecule has 1 aromatic rings. The minimum Gasteiger partial charge on any atom is -0.496 e. The van der Waals surface area contributed by atoms with Crippen molar-refractivity contribution >= 4 is 40.7 Å². The van der Waals surface area contributed by atoms with Gasteiger partial charge < -0.3 is 14.8 Å². The smallest absolute Gasteiger partial charge is 0.133 e. The van der Waals surface area contributed by atoms with Crippen LogP contribution in [0.1, 0.15) is 38.3 Å². The largest absolute Gasteiger partial charge is 0.496 e. The Kier molecular flexibility index (Phi) is 12.1. The third-order valence-electron chi connectivity index (χ3n) is 4.47. The van der Waals surface area contributed by atoms with E-state index < -0.39 is 0 Å². The number of nitrogens with one attached hydrogen (secondary N) is 1. The summed E-state index contributed by atoms with van der Waals surface area (Å²) >= 11 is 3.56. The Balaban J connectivity index is 0.00000288. The van der Waals surface area contributed by atoms with Crippen molar-refractivity contribution in [2.45, 2.75) is 32.7 Å². The summed E-state index contributed by atoms with van der Waals surface area (Å²) in [5.74, 6) is 2.50. The first kappa shape index (κ1) is 24.8. The molecular weight excluding hydrogens is 427 g/mol. The van der Waals surface area contributed by atoms with Crippen LogP contribution in [-0.2, 0) is 0 Å². The lowest BCUT2D eigenvalue weighted by Crippen LogP contribution is -2.45. The topological polar surface area (TPSA) is 33.7 Å². The number of methoxy groups -OCH3 is 2. The molecule has 1 atom stereocenters. The second-order valence-electron chi connectivity index (χ2n) is 6.50.